The van der Waals surface area contributed by atoms with Gasteiger partial charge in [-0.25, -0.2) is 0 Å². The quantitative estimate of drug-likeness (QED) is 0.332. The normalized spacial score (nSPS) is 21.4. The molecular weight excluding hydrogens is 210 g/mol. The van der Waals surface area contributed by atoms with E-state index in [-0.39, 0.29) is 12.0 Å². The molecule has 1 heterocycles. The molecule has 0 radical (unpaired) electrons. The van der Waals surface area contributed by atoms with E-state index in [2.05, 4.69) is 15.5 Å². The van der Waals surface area contributed by atoms with Gasteiger partial charge >= 0.3 is 5.97 Å². The van der Waals surface area contributed by atoms with E-state index in [0.29, 0.717) is 26.1 Å². The van der Waals surface area contributed by atoms with Crippen molar-refractivity contribution in [3.05, 3.63) is 0 Å². The van der Waals surface area contributed by atoms with Crippen molar-refractivity contribution in [1.82, 2.24) is 15.5 Å². The Hall–Kier alpha value is -1.14. The smallest absolute Gasteiger partial charge is 0.324 e. The number of nitrogens with one attached hydrogen (secondary N) is 2. The van der Waals surface area contributed by atoms with E-state index in [1.807, 2.05) is 0 Å². The standard InChI is InChI=1S/C10H19N3O3/c1-2-16-10(15)9-7-13(6-4-12-9)5-3-11-8-14/h8-9,12H,2-7H2,1H3,(H,11,14). The van der Waals surface area contributed by atoms with E-state index >= 15 is 0 Å². The average molecular weight is 229 g/mol. The van der Waals surface area contributed by atoms with E-state index < -0.39 is 0 Å². The maximum Gasteiger partial charge on any atom is 0.324 e. The lowest BCUT2D eigenvalue weighted by Gasteiger charge is -2.32. The van der Waals surface area contributed by atoms with Crippen LogP contribution in [0.2, 0.25) is 0 Å². The molecule has 0 aromatic carbocycles. The predicted molar refractivity (Wildman–Crippen MR) is 58.9 cm³/mol. The Bertz CT molecular complexity index is 235. The Morgan fingerprint density at radius 3 is 3.19 bits per heavy atom. The molecule has 2 N–H and O–H groups in total. The number of hydrogen-bond donors (Lipinski definition) is 2. The predicted octanol–water partition coefficient (Wildman–Crippen LogP) is -1.43. The Kier molecular flexibility index (Phi) is 5.81. The number of esters is 1. The molecular formula is C10H19N3O3. The molecule has 0 aromatic rings. The average Bonchev–Trinajstić information content (AvgIpc) is 2.30. The topological polar surface area (TPSA) is 70.7 Å². The number of ether oxygens (including phenoxy) is 1. The molecule has 1 fully saturated rings. The first kappa shape index (κ1) is 12.9. The van der Waals surface area contributed by atoms with Gasteiger partial charge in [0.2, 0.25) is 6.41 Å². The summed E-state index contributed by atoms with van der Waals surface area (Å²) in [5, 5.41) is 5.72. The van der Waals surface area contributed by atoms with Crippen LogP contribution in [0.5, 0.6) is 0 Å². The zero-order valence-corrected chi connectivity index (χ0v) is 9.57. The summed E-state index contributed by atoms with van der Waals surface area (Å²) in [7, 11) is 0. The van der Waals surface area contributed by atoms with Crippen LogP contribution in [0.25, 0.3) is 0 Å². The minimum atomic E-state index is -0.245. The van der Waals surface area contributed by atoms with Gasteiger partial charge in [0.25, 0.3) is 0 Å². The van der Waals surface area contributed by atoms with Crippen LogP contribution in [-0.4, -0.2) is 62.7 Å². The van der Waals surface area contributed by atoms with Crippen LogP contribution < -0.4 is 10.6 Å². The molecule has 1 atom stereocenters. The van der Waals surface area contributed by atoms with Crippen LogP contribution in [0.1, 0.15) is 6.92 Å². The molecule has 0 aromatic heterocycles. The molecule has 1 amide bonds. The van der Waals surface area contributed by atoms with Crippen molar-refractivity contribution in [2.75, 3.05) is 39.3 Å². The fourth-order valence-electron chi connectivity index (χ4n) is 1.70. The van der Waals surface area contributed by atoms with Crippen molar-refractivity contribution < 1.29 is 14.3 Å². The van der Waals surface area contributed by atoms with E-state index in [9.17, 15) is 9.59 Å². The molecule has 1 saturated heterocycles. The van der Waals surface area contributed by atoms with Crippen LogP contribution in [0, 0.1) is 0 Å². The molecule has 1 aliphatic rings. The molecule has 0 bridgehead atoms. The lowest BCUT2D eigenvalue weighted by atomic mass is 10.2. The molecule has 92 valence electrons. The number of carbonyl (C=O) groups is 2. The Balaban J connectivity index is 2.29. The SMILES string of the molecule is CCOC(=O)C1CN(CCNC=O)CCN1. The van der Waals surface area contributed by atoms with Crippen LogP contribution in [0.3, 0.4) is 0 Å². The van der Waals surface area contributed by atoms with Gasteiger partial charge in [0, 0.05) is 32.7 Å². The number of nitrogens with zero attached hydrogens (tertiary/aromatic N) is 1. The summed E-state index contributed by atoms with van der Waals surface area (Å²) in [5.74, 6) is -0.199. The zero-order chi connectivity index (χ0) is 11.8. The third-order valence-corrected chi connectivity index (χ3v) is 2.49. The molecule has 6 heteroatoms. The molecule has 6 nitrogen and oxygen atoms in total. The van der Waals surface area contributed by atoms with Gasteiger partial charge in [-0.05, 0) is 6.92 Å². The second-order valence-electron chi connectivity index (χ2n) is 3.63. The number of rotatable bonds is 6. The van der Waals surface area contributed by atoms with Gasteiger partial charge in [-0.3, -0.25) is 14.5 Å². The van der Waals surface area contributed by atoms with Crippen LogP contribution in [0.4, 0.5) is 0 Å². The largest absolute Gasteiger partial charge is 0.465 e. The van der Waals surface area contributed by atoms with Gasteiger partial charge in [0.1, 0.15) is 6.04 Å². The second kappa shape index (κ2) is 7.19. The van der Waals surface area contributed by atoms with E-state index in [0.717, 1.165) is 19.6 Å². The van der Waals surface area contributed by atoms with E-state index in [1.165, 1.54) is 0 Å². The van der Waals surface area contributed by atoms with Gasteiger partial charge in [-0.2, -0.15) is 0 Å². The molecule has 16 heavy (non-hydrogen) atoms. The summed E-state index contributed by atoms with van der Waals surface area (Å²) < 4.78 is 4.96. The van der Waals surface area contributed by atoms with Crippen molar-refractivity contribution in [1.29, 1.82) is 0 Å². The summed E-state index contributed by atoms with van der Waals surface area (Å²) in [6, 6.07) is -0.245. The molecule has 0 spiro atoms. The first-order chi connectivity index (χ1) is 7.77. The Morgan fingerprint density at radius 1 is 1.69 bits per heavy atom. The summed E-state index contributed by atoms with van der Waals surface area (Å²) >= 11 is 0. The first-order valence-corrected chi connectivity index (χ1v) is 5.57. The summed E-state index contributed by atoms with van der Waals surface area (Å²) in [6.45, 7) is 5.87. The van der Waals surface area contributed by atoms with Crippen molar-refractivity contribution in [3.63, 3.8) is 0 Å². The summed E-state index contributed by atoms with van der Waals surface area (Å²) in [4.78, 5) is 23.7. The van der Waals surface area contributed by atoms with Gasteiger partial charge in [0.15, 0.2) is 0 Å². The molecule has 1 unspecified atom stereocenters. The second-order valence-corrected chi connectivity index (χ2v) is 3.63. The van der Waals surface area contributed by atoms with Crippen LogP contribution in [-0.2, 0) is 14.3 Å². The highest BCUT2D eigenvalue weighted by Crippen LogP contribution is 2.00. The summed E-state index contributed by atoms with van der Waals surface area (Å²) in [5.41, 5.74) is 0. The fourth-order valence-corrected chi connectivity index (χ4v) is 1.70. The van der Waals surface area contributed by atoms with E-state index in [4.69, 9.17) is 4.74 Å². The van der Waals surface area contributed by atoms with Gasteiger partial charge in [0.05, 0.1) is 6.61 Å². The fraction of sp³-hybridized carbons (Fsp3) is 0.800. The lowest BCUT2D eigenvalue weighted by molar-refractivity contribution is -0.146. The van der Waals surface area contributed by atoms with Crippen molar-refractivity contribution >= 4 is 12.4 Å². The van der Waals surface area contributed by atoms with E-state index in [1.54, 1.807) is 6.92 Å². The van der Waals surface area contributed by atoms with Crippen molar-refractivity contribution in [2.45, 2.75) is 13.0 Å². The molecule has 1 aliphatic heterocycles. The Morgan fingerprint density at radius 2 is 2.50 bits per heavy atom. The maximum atomic E-state index is 11.5. The first-order valence-electron chi connectivity index (χ1n) is 5.57. The zero-order valence-electron chi connectivity index (χ0n) is 9.57. The molecule has 0 aliphatic carbocycles. The van der Waals surface area contributed by atoms with Gasteiger partial charge < -0.3 is 15.4 Å². The van der Waals surface area contributed by atoms with Gasteiger partial charge in [-0.15, -0.1) is 0 Å². The maximum absolute atomic E-state index is 11.5. The van der Waals surface area contributed by atoms with Crippen molar-refractivity contribution in [2.24, 2.45) is 0 Å². The minimum Gasteiger partial charge on any atom is -0.465 e. The van der Waals surface area contributed by atoms with Gasteiger partial charge in [-0.1, -0.05) is 0 Å². The highest BCUT2D eigenvalue weighted by atomic mass is 16.5. The Labute approximate surface area is 95.3 Å². The van der Waals surface area contributed by atoms with Crippen LogP contribution in [0.15, 0.2) is 0 Å². The van der Waals surface area contributed by atoms with Crippen molar-refractivity contribution in [3.8, 4) is 0 Å². The lowest BCUT2D eigenvalue weighted by Crippen LogP contribution is -2.55. The monoisotopic (exact) mass is 229 g/mol. The minimum absolute atomic E-state index is 0.199. The highest BCUT2D eigenvalue weighted by Gasteiger charge is 2.25. The number of carbonyl (C=O) groups excluding carboxylic acids is 2. The number of hydrogen-bond acceptors (Lipinski definition) is 5. The summed E-state index contributed by atoms with van der Waals surface area (Å²) in [6.07, 6.45) is 0.686. The number of amides is 1. The molecule has 1 rings (SSSR count). The third-order valence-electron chi connectivity index (χ3n) is 2.49. The van der Waals surface area contributed by atoms with Crippen LogP contribution >= 0.6 is 0 Å². The molecule has 0 saturated carbocycles. The number of piperazine rings is 1. The highest BCUT2D eigenvalue weighted by molar-refractivity contribution is 5.76. The third kappa shape index (κ3) is 4.16.